The maximum Gasteiger partial charge on any atom is 1.00 e. The Hall–Kier alpha value is -7.37. The van der Waals surface area contributed by atoms with E-state index in [4.69, 9.17) is 98.7 Å². The van der Waals surface area contributed by atoms with Crippen LogP contribution in [0.5, 0.6) is 0 Å². The van der Waals surface area contributed by atoms with Crippen LogP contribution in [0.25, 0.3) is 88.8 Å². The Morgan fingerprint density at radius 1 is 0.451 bits per heavy atom. The van der Waals surface area contributed by atoms with Crippen molar-refractivity contribution < 1.29 is 108 Å². The van der Waals surface area contributed by atoms with Crippen LogP contribution in [0.3, 0.4) is 0 Å². The summed E-state index contributed by atoms with van der Waals surface area (Å²) in [5.41, 5.74) is 10.6. The number of aryl methyl sites for hydroxylation is 2. The molecule has 7 aromatic heterocycles. The third-order valence-electron chi connectivity index (χ3n) is 23.3. The predicted molar refractivity (Wildman–Crippen MR) is 539 cm³/mol. The fourth-order valence-electron chi connectivity index (χ4n) is 14.6. The van der Waals surface area contributed by atoms with Crippen molar-refractivity contribution in [2.24, 2.45) is 14.1 Å². The molecule has 0 unspecified atom stereocenters. The van der Waals surface area contributed by atoms with Crippen molar-refractivity contribution >= 4 is 167 Å². The number of aromatic nitrogens is 9. The molecule has 133 heavy (non-hydrogen) atoms. The van der Waals surface area contributed by atoms with Gasteiger partial charge in [0, 0.05) is 112 Å². The molecule has 5 aliphatic rings. The van der Waals surface area contributed by atoms with Crippen molar-refractivity contribution in [3.8, 4) is 44.9 Å². The third-order valence-corrected chi connectivity index (χ3v) is 24.2. The van der Waals surface area contributed by atoms with E-state index in [2.05, 4.69) is 116 Å². The molecule has 0 radical (unpaired) electrons. The van der Waals surface area contributed by atoms with E-state index in [-0.39, 0.29) is 145 Å². The van der Waals surface area contributed by atoms with Crippen LogP contribution in [0.4, 0.5) is 9.59 Å². The first-order valence-electron chi connectivity index (χ1n) is 43.3. The number of aliphatic carboxylic acids is 1. The van der Waals surface area contributed by atoms with Gasteiger partial charge in [0.25, 0.3) is 0 Å². The zero-order valence-electron chi connectivity index (χ0n) is 79.7. The topological polar surface area (TPSA) is 273 Å². The molecular formula is C98H121B3Br2Cl4KN11O14. The Labute approximate surface area is 861 Å². The molecular weight excluding hydrogens is 1930 g/mol. The first-order chi connectivity index (χ1) is 61.2. The maximum atomic E-state index is 13.5. The molecule has 5 aliphatic heterocycles. The van der Waals surface area contributed by atoms with E-state index in [0.29, 0.717) is 39.0 Å². The normalized spacial score (nSPS) is 17.5. The quantitative estimate of drug-likeness (QED) is 0.101. The number of benzene rings is 5. The van der Waals surface area contributed by atoms with E-state index in [1.165, 1.54) is 0 Å². The van der Waals surface area contributed by atoms with Crippen LogP contribution in [0, 0.1) is 0 Å². The number of carbonyl (C=O) groups excluding carboxylic acids is 3. The molecule has 0 aliphatic carbocycles. The number of pyridine rings is 5. The number of fused-ring (bicyclic) bond motifs is 6. The minimum Gasteiger partial charge on any atom is -0.550 e. The molecule has 5 fully saturated rings. The Morgan fingerprint density at radius 3 is 1.11 bits per heavy atom. The smallest absolute Gasteiger partial charge is 0.550 e. The van der Waals surface area contributed by atoms with Gasteiger partial charge in [-0.3, -0.25) is 43.2 Å². The summed E-state index contributed by atoms with van der Waals surface area (Å²) in [4.78, 5) is 86.2. The zero-order valence-corrected chi connectivity index (χ0v) is 89.0. The Morgan fingerprint density at radius 2 is 0.774 bits per heavy atom. The van der Waals surface area contributed by atoms with Crippen LogP contribution in [-0.4, -0.2) is 173 Å². The van der Waals surface area contributed by atoms with E-state index in [1.54, 1.807) is 59.3 Å². The van der Waals surface area contributed by atoms with Crippen molar-refractivity contribution in [2.75, 3.05) is 26.2 Å². The summed E-state index contributed by atoms with van der Waals surface area (Å²) < 4.78 is 55.8. The molecule has 35 heteroatoms. The molecule has 12 aromatic rings. The van der Waals surface area contributed by atoms with Crippen LogP contribution in [0.15, 0.2) is 213 Å². The molecule has 5 aromatic carbocycles. The summed E-state index contributed by atoms with van der Waals surface area (Å²) in [5.74, 6) is -1.08. The zero-order chi connectivity index (χ0) is 96.4. The second kappa shape index (κ2) is 46.4. The SMILES string of the molecule is Brc1ccc(-c2ccccc2)nc1.C.CC(=O)[O-].CC(Cl)Cl.CC(Cl)Cl.CC1(C)OB(B2OC(C)(C)C(C)(C)O2)OC1(C)C.CC1(C)OB(c2ccc(-c3ccccc3)nc2)OC1(C)C.Cn1c(=O)n([C@H]2CCN(C(=O)OC(C)(C)C)C2)c2c3cc(-c4ccc(-c5ccccc5)nc4)ccc3ncc21.Cn1c(=O)n([C@H]2CCN(C(=O)OC(C)(C)C)C2)c2c3cc(Br)ccc3ncc21.[K+]. The monoisotopic (exact) mass is 2050 g/mol. The van der Waals surface area contributed by atoms with Crippen LogP contribution >= 0.6 is 78.3 Å². The van der Waals surface area contributed by atoms with Crippen molar-refractivity contribution in [3.63, 3.8) is 0 Å². The molecule has 704 valence electrons. The number of likely N-dealkylation sites (tertiary alicyclic amines) is 2. The molecule has 12 heterocycles. The number of carbonyl (C=O) groups is 3. The Balaban J connectivity index is 0.000000205. The number of carboxylic acids is 1. The van der Waals surface area contributed by atoms with Gasteiger partial charge >= 0.3 is 96.1 Å². The van der Waals surface area contributed by atoms with Gasteiger partial charge in [-0.15, -0.1) is 46.4 Å². The number of ether oxygens (including phenoxy) is 2. The standard InChI is InChI=1S/C31H31N5O3.C20H23BrN4O3.C17H20BNO2.C12H24B2O4.C11H8BrN.2C2H4Cl2.C2H4O2.CH4.K/c1-31(2,3)39-30(38)35-15-14-23(19-35)36-28-24-16-21(10-13-26(24)33-18-27(28)34(4)29(36)37)22-11-12-25(32-17-22)20-8-6-5-7-9-20;1-20(2,3)28-19(27)24-8-7-13(11-24)25-17-14-9-12(21)5-6-15(14)22-10-16(17)23(4)18(25)26;1-16(2)17(3,4)21-18(20-16)14-10-11-15(19-12-14)13-8-6-5-7-9-13;1-9(2)10(3,4)16-13(15-9)14-17-11(5,6)12(7,8)18-14;12-10-6-7-11(13-8-10)9-4-2-1-3-5-9;3*1-2(3)4;;/h5-13,16-18,23H,14-15,19H2,1-4H3;5-6,9-10,13H,7-8,11H2,1-4H3;5-12H,1-4H3;1-8H3;1-8H;2*2H,1H3;1H3,(H,3,4);1H4;/q;;;;;;;;;+1/p-1/t23-;13-;;;;;;;;/m00......../s1. The van der Waals surface area contributed by atoms with E-state index in [1.807, 2.05) is 252 Å². The minimum atomic E-state index is -1.08. The first kappa shape index (κ1) is 111. The number of alkyl halides is 4. The third kappa shape index (κ3) is 28.7. The molecule has 2 amide bonds. The summed E-state index contributed by atoms with van der Waals surface area (Å²) in [6.45, 7) is 41.9. The van der Waals surface area contributed by atoms with Crippen molar-refractivity contribution in [2.45, 2.75) is 232 Å². The van der Waals surface area contributed by atoms with Gasteiger partial charge in [-0.25, -0.2) is 19.2 Å². The fraction of sp³-hybridized carbons (Fsp3) is 0.429. The Bertz CT molecular complexity index is 5960. The van der Waals surface area contributed by atoms with Crippen LogP contribution in [0.2, 0.25) is 0 Å². The molecule has 0 N–H and O–H groups in total. The molecule has 0 saturated carbocycles. The number of hydrogen-bond acceptors (Lipinski definition) is 19. The summed E-state index contributed by atoms with van der Waals surface area (Å²) >= 11 is 27.0. The van der Waals surface area contributed by atoms with Gasteiger partial charge in [0.05, 0.1) is 108 Å². The minimum absolute atomic E-state index is 0. The molecule has 17 rings (SSSR count). The van der Waals surface area contributed by atoms with Gasteiger partial charge in [-0.1, -0.05) is 133 Å². The molecule has 25 nitrogen and oxygen atoms in total. The van der Waals surface area contributed by atoms with Crippen molar-refractivity contribution in [1.82, 2.24) is 53.0 Å². The Kier molecular flexibility index (Phi) is 38.7. The van der Waals surface area contributed by atoms with Gasteiger partial charge in [0.2, 0.25) is 0 Å². The van der Waals surface area contributed by atoms with Gasteiger partial charge in [0.15, 0.2) is 0 Å². The number of halogens is 6. The molecule has 5 saturated heterocycles. The van der Waals surface area contributed by atoms with Crippen LogP contribution in [-0.2, 0) is 56.3 Å². The van der Waals surface area contributed by atoms with Gasteiger partial charge in [-0.05, 0) is 234 Å². The number of imidazole rings is 2. The molecule has 0 bridgehead atoms. The van der Waals surface area contributed by atoms with Crippen LogP contribution < -0.4 is 73.3 Å². The predicted octanol–water partition coefficient (Wildman–Crippen LogP) is 18.5. The summed E-state index contributed by atoms with van der Waals surface area (Å²) in [5, 5.41) is 10.7. The molecule has 0 spiro atoms. The van der Waals surface area contributed by atoms with E-state index in [9.17, 15) is 19.2 Å². The number of nitrogens with zero attached hydrogens (tertiary/aromatic N) is 11. The second-order valence-electron chi connectivity index (χ2n) is 37.3. The van der Waals surface area contributed by atoms with Crippen molar-refractivity contribution in [1.29, 1.82) is 0 Å². The second-order valence-corrected chi connectivity index (χ2v) is 42.2. The van der Waals surface area contributed by atoms with E-state index in [0.717, 1.165) is 110 Å². The number of rotatable bonds is 8. The molecule has 2 atom stereocenters. The maximum absolute atomic E-state index is 13.5. The summed E-state index contributed by atoms with van der Waals surface area (Å²) in [6, 6.07) is 54.2. The summed E-state index contributed by atoms with van der Waals surface area (Å²) in [7, 11) is 2.22. The van der Waals surface area contributed by atoms with Crippen molar-refractivity contribution in [3.05, 3.63) is 225 Å². The van der Waals surface area contributed by atoms with E-state index >= 15 is 0 Å². The van der Waals surface area contributed by atoms with Crippen LogP contribution in [0.1, 0.15) is 178 Å². The van der Waals surface area contributed by atoms with E-state index < -0.39 is 31.2 Å². The largest absolute Gasteiger partial charge is 1.00 e. The number of amides is 2. The number of carboxylic acid groups (broad SMARTS) is 1. The van der Waals surface area contributed by atoms with Gasteiger partial charge in [0.1, 0.15) is 20.9 Å². The summed E-state index contributed by atoms with van der Waals surface area (Å²) in [6.07, 6.45) is 9.72. The van der Waals surface area contributed by atoms with Gasteiger partial charge < -0.3 is 57.1 Å². The average molecular weight is 2050 g/mol. The first-order valence-corrected chi connectivity index (χ1v) is 46.6. The average Bonchev–Trinajstić information content (AvgIpc) is 1.58. The van der Waals surface area contributed by atoms with Gasteiger partial charge in [-0.2, -0.15) is 0 Å². The number of hydrogen-bond donors (Lipinski definition) is 0. The fourth-order valence-corrected chi connectivity index (χ4v) is 15.2.